The lowest BCUT2D eigenvalue weighted by molar-refractivity contribution is -0.111. The summed E-state index contributed by atoms with van der Waals surface area (Å²) in [4.78, 5) is 23.2. The van der Waals surface area contributed by atoms with Crippen LogP contribution in [0.2, 0.25) is 0 Å². The van der Waals surface area contributed by atoms with Crippen molar-refractivity contribution in [3.63, 3.8) is 0 Å². The number of aromatic hydroxyl groups is 1. The molecule has 10 nitrogen and oxygen atoms in total. The van der Waals surface area contributed by atoms with Gasteiger partial charge in [0.05, 0.1) is 5.70 Å². The van der Waals surface area contributed by atoms with E-state index in [2.05, 4.69) is 33.6 Å². The summed E-state index contributed by atoms with van der Waals surface area (Å²) in [6, 6.07) is 8.98. The zero-order valence-electron chi connectivity index (χ0n) is 22.7. The van der Waals surface area contributed by atoms with E-state index in [1.165, 1.54) is 19.3 Å². The Kier molecular flexibility index (Phi) is 12.4. The van der Waals surface area contributed by atoms with Gasteiger partial charge in [-0.25, -0.2) is 9.97 Å². The third kappa shape index (κ3) is 8.37. The van der Waals surface area contributed by atoms with E-state index < -0.39 is 0 Å². The lowest BCUT2D eigenvalue weighted by atomic mass is 9.91. The Bertz CT molecular complexity index is 1040. The summed E-state index contributed by atoms with van der Waals surface area (Å²) < 4.78 is 0. The molecule has 2 fully saturated rings. The largest absolute Gasteiger partial charge is 0.507 e. The Morgan fingerprint density at radius 1 is 0.947 bits per heavy atom. The van der Waals surface area contributed by atoms with Crippen molar-refractivity contribution in [3.05, 3.63) is 65.9 Å². The molecule has 0 spiro atoms. The third-order valence-corrected chi connectivity index (χ3v) is 6.69. The Hall–Kier alpha value is -3.79. The Labute approximate surface area is 225 Å². The number of benzene rings is 1. The standard InChI is InChI=1S/C20H27N7O.C7H12O.CH4O/c1-13-11-26(12-14(2)27(13)20-24-8-5-9-25-20)17(19(22)23)10-16(21)15-6-3-4-7-18(15)28;8-6-7-4-2-1-3-5-7;1-2/h3-10,13-14,28H,11-12,21-23H2,1-2H3;6-7H,1-5H2;2H,1H3/b16-10-;;. The molecule has 2 atom stereocenters. The van der Waals surface area contributed by atoms with E-state index in [-0.39, 0.29) is 23.7 Å². The van der Waals surface area contributed by atoms with Gasteiger partial charge in [-0.2, -0.15) is 0 Å². The zero-order chi connectivity index (χ0) is 28.1. The van der Waals surface area contributed by atoms with E-state index in [1.807, 2.05) is 6.07 Å². The van der Waals surface area contributed by atoms with E-state index in [0.29, 0.717) is 41.9 Å². The Balaban J connectivity index is 0.000000428. The number of nitrogens with two attached hydrogens (primary N) is 3. The number of phenols is 1. The molecule has 10 heteroatoms. The topological polar surface area (TPSA) is 168 Å². The predicted molar refractivity (Wildman–Crippen MR) is 151 cm³/mol. The molecule has 0 amide bonds. The molecule has 2 aromatic rings. The van der Waals surface area contributed by atoms with Crippen LogP contribution < -0.4 is 22.1 Å². The number of carbonyl (C=O) groups excluding carboxylic acids is 1. The van der Waals surface area contributed by atoms with Gasteiger partial charge in [0.15, 0.2) is 0 Å². The van der Waals surface area contributed by atoms with Crippen LogP contribution in [0.25, 0.3) is 5.70 Å². The fraction of sp³-hybridized carbons (Fsp3) is 0.464. The van der Waals surface area contributed by atoms with E-state index in [9.17, 15) is 9.90 Å². The van der Waals surface area contributed by atoms with Crippen LogP contribution in [0.4, 0.5) is 5.95 Å². The van der Waals surface area contributed by atoms with Crippen molar-refractivity contribution in [2.45, 2.75) is 58.0 Å². The highest BCUT2D eigenvalue weighted by Crippen LogP contribution is 2.27. The minimum absolute atomic E-state index is 0.110. The second-order valence-electron chi connectivity index (χ2n) is 9.55. The molecule has 2 unspecified atom stereocenters. The highest BCUT2D eigenvalue weighted by molar-refractivity contribution is 5.70. The fourth-order valence-electron chi connectivity index (χ4n) is 4.91. The van der Waals surface area contributed by atoms with E-state index in [4.69, 9.17) is 22.3 Å². The maximum atomic E-state index is 10.2. The number of nitrogens with zero attached hydrogens (tertiary/aromatic N) is 4. The molecule has 1 aliphatic carbocycles. The highest BCUT2D eigenvalue weighted by atomic mass is 16.3. The van der Waals surface area contributed by atoms with Crippen LogP contribution >= 0.6 is 0 Å². The van der Waals surface area contributed by atoms with Crippen molar-refractivity contribution in [3.8, 4) is 5.75 Å². The van der Waals surface area contributed by atoms with Crippen LogP contribution in [-0.2, 0) is 4.79 Å². The number of phenolic OH excluding ortho intramolecular Hbond substituents is 1. The van der Waals surface area contributed by atoms with Gasteiger partial charge in [-0.3, -0.25) is 0 Å². The van der Waals surface area contributed by atoms with Gasteiger partial charge < -0.3 is 42.0 Å². The first-order chi connectivity index (χ1) is 18.3. The highest BCUT2D eigenvalue weighted by Gasteiger charge is 2.32. The van der Waals surface area contributed by atoms with Crippen molar-refractivity contribution >= 4 is 17.9 Å². The lowest BCUT2D eigenvalue weighted by Crippen LogP contribution is -2.57. The first kappa shape index (κ1) is 30.4. The molecule has 2 heterocycles. The molecular weight excluding hydrogens is 482 g/mol. The Morgan fingerprint density at radius 2 is 1.53 bits per heavy atom. The molecule has 1 aromatic heterocycles. The molecule has 0 radical (unpaired) electrons. The van der Waals surface area contributed by atoms with E-state index >= 15 is 0 Å². The van der Waals surface area contributed by atoms with Gasteiger partial charge in [-0.05, 0) is 51.0 Å². The number of aliphatic hydroxyl groups is 1. The SMILES string of the molecule is CC1CN(C(/C=C(\N)c2ccccc2O)=C(N)N)CC(C)N1c1ncccn1.CO.O=CC1CCCCC1. The molecule has 1 aliphatic heterocycles. The molecule has 2 aliphatic rings. The summed E-state index contributed by atoms with van der Waals surface area (Å²) in [6.45, 7) is 5.58. The number of aldehydes is 1. The summed E-state index contributed by atoms with van der Waals surface area (Å²) in [5.74, 6) is 1.41. The number of anilines is 1. The number of allylic oxidation sites excluding steroid dienone is 1. The number of aromatic nitrogens is 2. The summed E-state index contributed by atoms with van der Waals surface area (Å²) in [6.07, 6.45) is 12.5. The first-order valence-corrected chi connectivity index (χ1v) is 13.0. The maximum absolute atomic E-state index is 10.2. The third-order valence-electron chi connectivity index (χ3n) is 6.69. The van der Waals surface area contributed by atoms with Gasteiger partial charge in [-0.15, -0.1) is 0 Å². The molecule has 1 saturated heterocycles. The first-order valence-electron chi connectivity index (χ1n) is 13.0. The van der Waals surface area contributed by atoms with Crippen molar-refractivity contribution in [1.82, 2.24) is 14.9 Å². The quantitative estimate of drug-likeness (QED) is 0.289. The molecule has 1 saturated carbocycles. The molecule has 0 bridgehead atoms. The summed E-state index contributed by atoms with van der Waals surface area (Å²) in [5, 5.41) is 17.1. The molecule has 8 N–H and O–H groups in total. The second-order valence-corrected chi connectivity index (χ2v) is 9.55. The number of hydrogen-bond donors (Lipinski definition) is 5. The molecule has 38 heavy (non-hydrogen) atoms. The van der Waals surface area contributed by atoms with Gasteiger partial charge in [-0.1, -0.05) is 31.4 Å². The number of hydrogen-bond acceptors (Lipinski definition) is 10. The fourth-order valence-corrected chi connectivity index (χ4v) is 4.91. The summed E-state index contributed by atoms with van der Waals surface area (Å²) in [7, 11) is 1.00. The average Bonchev–Trinajstić information content (AvgIpc) is 2.93. The maximum Gasteiger partial charge on any atom is 0.225 e. The smallest absolute Gasteiger partial charge is 0.225 e. The molecule has 208 valence electrons. The van der Waals surface area contributed by atoms with Crippen molar-refractivity contribution in [2.75, 3.05) is 25.1 Å². The van der Waals surface area contributed by atoms with Gasteiger partial charge >= 0.3 is 0 Å². The normalized spacial score (nSPS) is 19.8. The predicted octanol–water partition coefficient (Wildman–Crippen LogP) is 2.54. The van der Waals surface area contributed by atoms with Crippen LogP contribution in [0.1, 0.15) is 51.5 Å². The Morgan fingerprint density at radius 3 is 2.03 bits per heavy atom. The second kappa shape index (κ2) is 15.5. The van der Waals surface area contributed by atoms with Crippen molar-refractivity contribution < 1.29 is 15.0 Å². The van der Waals surface area contributed by atoms with Crippen LogP contribution in [0, 0.1) is 5.92 Å². The average molecular weight is 526 g/mol. The van der Waals surface area contributed by atoms with Crippen molar-refractivity contribution in [1.29, 1.82) is 0 Å². The number of aliphatic hydroxyl groups excluding tert-OH is 1. The summed E-state index contributed by atoms with van der Waals surface area (Å²) in [5.41, 5.74) is 19.8. The lowest BCUT2D eigenvalue weighted by Gasteiger charge is -2.45. The number of piperazine rings is 1. The van der Waals surface area contributed by atoms with Crippen LogP contribution in [-0.4, -0.2) is 63.7 Å². The zero-order valence-corrected chi connectivity index (χ0v) is 22.7. The molecule has 1 aromatic carbocycles. The van der Waals surface area contributed by atoms with Crippen LogP contribution in [0.15, 0.2) is 60.3 Å². The molecule has 4 rings (SSSR count). The van der Waals surface area contributed by atoms with Crippen molar-refractivity contribution in [2.24, 2.45) is 23.1 Å². The van der Waals surface area contributed by atoms with Gasteiger partial charge in [0, 0.05) is 61.9 Å². The number of para-hydroxylation sites is 1. The van der Waals surface area contributed by atoms with Crippen LogP contribution in [0.5, 0.6) is 5.75 Å². The molecular formula is C28H43N7O3. The summed E-state index contributed by atoms with van der Waals surface area (Å²) >= 11 is 0. The minimum Gasteiger partial charge on any atom is -0.507 e. The van der Waals surface area contributed by atoms with Gasteiger partial charge in [0.1, 0.15) is 17.9 Å². The minimum atomic E-state index is 0.110. The van der Waals surface area contributed by atoms with E-state index in [1.54, 1.807) is 42.7 Å². The monoisotopic (exact) mass is 525 g/mol. The van der Waals surface area contributed by atoms with Gasteiger partial charge in [0.2, 0.25) is 5.95 Å². The van der Waals surface area contributed by atoms with Gasteiger partial charge in [0.25, 0.3) is 0 Å². The van der Waals surface area contributed by atoms with Crippen LogP contribution in [0.3, 0.4) is 0 Å². The number of carbonyl (C=O) groups is 1. The van der Waals surface area contributed by atoms with E-state index in [0.717, 1.165) is 26.2 Å². The number of rotatable bonds is 5.